The molecule has 0 aliphatic carbocycles. The summed E-state index contributed by atoms with van der Waals surface area (Å²) >= 11 is 4.01. The van der Waals surface area contributed by atoms with Gasteiger partial charge in [0.2, 0.25) is 15.2 Å². The van der Waals surface area contributed by atoms with Gasteiger partial charge in [-0.05, 0) is 28.6 Å². The van der Waals surface area contributed by atoms with E-state index in [4.69, 9.17) is 5.14 Å². The van der Waals surface area contributed by atoms with Gasteiger partial charge in [-0.25, -0.2) is 13.6 Å². The topological polar surface area (TPSA) is 104 Å². The van der Waals surface area contributed by atoms with Crippen molar-refractivity contribution in [2.24, 2.45) is 5.14 Å². The normalized spacial score (nSPS) is 11.6. The maximum Gasteiger partial charge on any atom is 0.238 e. The highest BCUT2D eigenvalue weighted by atomic mass is 32.2. The van der Waals surface area contributed by atoms with Crippen LogP contribution in [0, 0.1) is 0 Å². The zero-order valence-electron chi connectivity index (χ0n) is 7.85. The monoisotopic (exact) mass is 257 g/mol. The first-order chi connectivity index (χ1) is 7.48. The van der Waals surface area contributed by atoms with Gasteiger partial charge in [-0.2, -0.15) is 4.68 Å². The summed E-state index contributed by atoms with van der Waals surface area (Å²) in [5, 5.41) is 15.9. The molecular formula is C7H7N5O2S2. The van der Waals surface area contributed by atoms with Crippen LogP contribution in [-0.2, 0) is 10.0 Å². The van der Waals surface area contributed by atoms with Crippen LogP contribution in [0.4, 0.5) is 0 Å². The summed E-state index contributed by atoms with van der Waals surface area (Å²) in [5.41, 5.74) is 0.474. The first kappa shape index (κ1) is 11.0. The van der Waals surface area contributed by atoms with Crippen molar-refractivity contribution in [2.45, 2.75) is 10.1 Å². The van der Waals surface area contributed by atoms with Crippen molar-refractivity contribution >= 4 is 22.7 Å². The predicted octanol–water partition coefficient (Wildman–Crippen LogP) is -0.402. The molecule has 0 fully saturated rings. The van der Waals surface area contributed by atoms with Crippen LogP contribution < -0.4 is 5.14 Å². The summed E-state index contributed by atoms with van der Waals surface area (Å²) in [7, 11) is -3.74. The average molecular weight is 257 g/mol. The van der Waals surface area contributed by atoms with E-state index in [1.807, 2.05) is 0 Å². The Morgan fingerprint density at radius 3 is 2.69 bits per heavy atom. The second-order valence-corrected chi connectivity index (χ2v) is 4.89. The van der Waals surface area contributed by atoms with Gasteiger partial charge in [0.1, 0.15) is 0 Å². The number of primary sulfonamides is 1. The fourth-order valence-corrected chi connectivity index (χ4v) is 1.89. The Morgan fingerprint density at radius 2 is 2.12 bits per heavy atom. The molecule has 16 heavy (non-hydrogen) atoms. The molecule has 2 N–H and O–H groups in total. The molecule has 0 saturated heterocycles. The predicted molar refractivity (Wildman–Crippen MR) is 57.8 cm³/mol. The summed E-state index contributed by atoms with van der Waals surface area (Å²) in [6.45, 7) is 0. The van der Waals surface area contributed by atoms with E-state index in [2.05, 4.69) is 28.2 Å². The van der Waals surface area contributed by atoms with Crippen LogP contribution in [0.15, 0.2) is 34.3 Å². The van der Waals surface area contributed by atoms with Crippen LogP contribution in [0.3, 0.4) is 0 Å². The summed E-state index contributed by atoms with van der Waals surface area (Å²) in [5.74, 6) is 0. The van der Waals surface area contributed by atoms with E-state index < -0.39 is 10.0 Å². The van der Waals surface area contributed by atoms with Crippen molar-refractivity contribution in [3.8, 4) is 5.69 Å². The van der Waals surface area contributed by atoms with Crippen molar-refractivity contribution in [3.63, 3.8) is 0 Å². The van der Waals surface area contributed by atoms with Crippen molar-refractivity contribution < 1.29 is 8.42 Å². The minimum atomic E-state index is -3.74. The largest absolute Gasteiger partial charge is 0.238 e. The second kappa shape index (κ2) is 3.85. The number of hydrogen-bond donors (Lipinski definition) is 2. The Morgan fingerprint density at radius 1 is 1.38 bits per heavy atom. The van der Waals surface area contributed by atoms with Gasteiger partial charge >= 0.3 is 0 Å². The second-order valence-electron chi connectivity index (χ2n) is 2.93. The first-order valence-electron chi connectivity index (χ1n) is 4.09. The molecule has 0 atom stereocenters. The third-order valence-electron chi connectivity index (χ3n) is 1.84. The van der Waals surface area contributed by atoms with E-state index >= 15 is 0 Å². The third kappa shape index (κ3) is 2.05. The van der Waals surface area contributed by atoms with Crippen molar-refractivity contribution in [2.75, 3.05) is 0 Å². The lowest BCUT2D eigenvalue weighted by Gasteiger charge is -2.03. The molecule has 0 radical (unpaired) electrons. The van der Waals surface area contributed by atoms with Crippen LogP contribution in [0.2, 0.25) is 0 Å². The highest BCUT2D eigenvalue weighted by Crippen LogP contribution is 2.14. The van der Waals surface area contributed by atoms with E-state index in [9.17, 15) is 8.42 Å². The fraction of sp³-hybridized carbons (Fsp3) is 0. The molecule has 2 aromatic rings. The zero-order valence-corrected chi connectivity index (χ0v) is 9.56. The average Bonchev–Trinajstić information content (AvgIpc) is 2.63. The number of nitrogens with two attached hydrogens (primary N) is 1. The van der Waals surface area contributed by atoms with Gasteiger partial charge in [-0.1, -0.05) is 6.07 Å². The minimum Gasteiger partial charge on any atom is -0.225 e. The molecular weight excluding hydrogens is 250 g/mol. The smallest absolute Gasteiger partial charge is 0.225 e. The lowest BCUT2D eigenvalue weighted by molar-refractivity contribution is 0.597. The molecule has 1 aromatic carbocycles. The van der Waals surface area contributed by atoms with Gasteiger partial charge in [0, 0.05) is 0 Å². The minimum absolute atomic E-state index is 0.00627. The van der Waals surface area contributed by atoms with Crippen LogP contribution >= 0.6 is 12.6 Å². The molecule has 84 valence electrons. The maximum absolute atomic E-state index is 11.1. The number of hydrogen-bond acceptors (Lipinski definition) is 6. The number of sulfonamides is 1. The molecule has 0 amide bonds. The molecule has 1 aromatic heterocycles. The number of tetrazole rings is 1. The Bertz CT molecular complexity index is 621. The highest BCUT2D eigenvalue weighted by molar-refractivity contribution is 7.89. The Hall–Kier alpha value is -1.45. The van der Waals surface area contributed by atoms with Gasteiger partial charge in [0.25, 0.3) is 0 Å². The quantitative estimate of drug-likeness (QED) is 0.712. The van der Waals surface area contributed by atoms with E-state index in [1.54, 1.807) is 12.1 Å². The van der Waals surface area contributed by atoms with Crippen LogP contribution in [-0.4, -0.2) is 28.6 Å². The Kier molecular flexibility index (Phi) is 2.66. The lowest BCUT2D eigenvalue weighted by atomic mass is 10.3. The molecule has 9 heteroatoms. The molecule has 0 aliphatic heterocycles. The highest BCUT2D eigenvalue weighted by Gasteiger charge is 2.10. The zero-order chi connectivity index (χ0) is 11.8. The van der Waals surface area contributed by atoms with E-state index in [1.165, 1.54) is 16.8 Å². The van der Waals surface area contributed by atoms with Gasteiger partial charge in [-0.15, -0.1) is 17.7 Å². The Balaban J connectivity index is 2.57. The van der Waals surface area contributed by atoms with Crippen LogP contribution in [0.25, 0.3) is 5.69 Å². The molecule has 7 nitrogen and oxygen atoms in total. The molecule has 0 saturated carbocycles. The van der Waals surface area contributed by atoms with Gasteiger partial charge < -0.3 is 0 Å². The lowest BCUT2D eigenvalue weighted by Crippen LogP contribution is -2.12. The maximum atomic E-state index is 11.1. The molecule has 0 aliphatic rings. The van der Waals surface area contributed by atoms with E-state index in [-0.39, 0.29) is 10.1 Å². The van der Waals surface area contributed by atoms with Crippen LogP contribution in [0.5, 0.6) is 0 Å². The number of nitrogens with zero attached hydrogens (tertiary/aromatic N) is 4. The van der Waals surface area contributed by atoms with Gasteiger partial charge in [0.15, 0.2) is 0 Å². The van der Waals surface area contributed by atoms with E-state index in [0.29, 0.717) is 5.69 Å². The van der Waals surface area contributed by atoms with Gasteiger partial charge in [0.05, 0.1) is 10.6 Å². The molecule has 0 unspecified atom stereocenters. The third-order valence-corrected chi connectivity index (χ3v) is 3.03. The Labute approximate surface area is 96.7 Å². The summed E-state index contributed by atoms with van der Waals surface area (Å²) in [6, 6.07) is 5.95. The molecule has 0 bridgehead atoms. The van der Waals surface area contributed by atoms with Crippen molar-refractivity contribution in [1.29, 1.82) is 0 Å². The summed E-state index contributed by atoms with van der Waals surface area (Å²) in [6.07, 6.45) is 0. The van der Waals surface area contributed by atoms with Crippen molar-refractivity contribution in [3.05, 3.63) is 24.3 Å². The number of benzene rings is 1. The summed E-state index contributed by atoms with van der Waals surface area (Å²) in [4.78, 5) is -0.00627. The molecule has 0 spiro atoms. The SMILES string of the molecule is NS(=O)(=O)c1cccc(-n2nnnc2S)c1. The van der Waals surface area contributed by atoms with E-state index in [0.717, 1.165) is 0 Å². The summed E-state index contributed by atoms with van der Waals surface area (Å²) < 4.78 is 23.6. The number of rotatable bonds is 2. The van der Waals surface area contributed by atoms with Crippen LogP contribution in [0.1, 0.15) is 0 Å². The fourth-order valence-electron chi connectivity index (χ4n) is 1.14. The molecule has 2 rings (SSSR count). The number of thiol groups is 1. The van der Waals surface area contributed by atoms with Gasteiger partial charge in [-0.3, -0.25) is 0 Å². The first-order valence-corrected chi connectivity index (χ1v) is 6.08. The standard InChI is InChI=1S/C7H7N5O2S2/c8-16(13,14)6-3-1-2-5(4-6)12-7(15)9-10-11-12/h1-4H,(H2,8,13,14)(H,9,11,15). The molecule has 1 heterocycles. The van der Waals surface area contributed by atoms with Crippen molar-refractivity contribution in [1.82, 2.24) is 20.2 Å². The number of aromatic nitrogens is 4.